The molecule has 1 amide bonds. The van der Waals surface area contributed by atoms with Crippen LogP contribution in [0, 0.1) is 6.92 Å². The summed E-state index contributed by atoms with van der Waals surface area (Å²) in [5.41, 5.74) is 1.68. The van der Waals surface area contributed by atoms with Crippen molar-refractivity contribution in [2.24, 2.45) is 0 Å². The lowest BCUT2D eigenvalue weighted by molar-refractivity contribution is -0.139. The van der Waals surface area contributed by atoms with Crippen LogP contribution in [0.5, 0.6) is 0 Å². The maximum Gasteiger partial charge on any atom is 0.246 e. The molecule has 1 aromatic rings. The van der Waals surface area contributed by atoms with Gasteiger partial charge in [-0.25, -0.2) is 0 Å². The number of hydrogen-bond acceptors (Lipinski definition) is 2. The monoisotopic (exact) mass is 218 g/mol. The summed E-state index contributed by atoms with van der Waals surface area (Å²) in [7, 11) is 1.86. The van der Waals surface area contributed by atoms with Crippen LogP contribution >= 0.6 is 0 Å². The highest BCUT2D eigenvalue weighted by atomic mass is 16.2. The van der Waals surface area contributed by atoms with Crippen LogP contribution in [-0.4, -0.2) is 30.9 Å². The number of likely N-dealkylation sites (N-methyl/N-ethyl adjacent to an activating group) is 1. The van der Waals surface area contributed by atoms with Crippen molar-refractivity contribution in [2.75, 3.05) is 20.1 Å². The number of hydrogen-bond donors (Lipinski definition) is 1. The molecule has 1 aliphatic rings. The summed E-state index contributed by atoms with van der Waals surface area (Å²) in [5.74, 6) is 0.141. The average molecular weight is 218 g/mol. The van der Waals surface area contributed by atoms with Gasteiger partial charge in [-0.1, -0.05) is 29.8 Å². The Morgan fingerprint density at radius 1 is 1.31 bits per heavy atom. The van der Waals surface area contributed by atoms with Gasteiger partial charge in [-0.2, -0.15) is 0 Å². The van der Waals surface area contributed by atoms with E-state index in [0.29, 0.717) is 0 Å². The Hall–Kier alpha value is -1.35. The van der Waals surface area contributed by atoms with E-state index in [-0.39, 0.29) is 5.91 Å². The van der Waals surface area contributed by atoms with Crippen molar-refractivity contribution < 1.29 is 4.79 Å². The molecule has 1 heterocycles. The molecule has 0 spiro atoms. The summed E-state index contributed by atoms with van der Waals surface area (Å²) in [4.78, 5) is 14.0. The summed E-state index contributed by atoms with van der Waals surface area (Å²) in [6.45, 7) is 5.62. The fraction of sp³-hybridized carbons (Fsp3) is 0.462. The van der Waals surface area contributed by atoms with Crippen molar-refractivity contribution in [3.05, 3.63) is 35.4 Å². The summed E-state index contributed by atoms with van der Waals surface area (Å²) in [6.07, 6.45) is 0. The molecule has 3 nitrogen and oxygen atoms in total. The molecule has 3 heteroatoms. The summed E-state index contributed by atoms with van der Waals surface area (Å²) < 4.78 is 0. The van der Waals surface area contributed by atoms with Gasteiger partial charge in [0, 0.05) is 20.1 Å². The molecule has 16 heavy (non-hydrogen) atoms. The molecule has 0 aliphatic carbocycles. The number of piperazine rings is 1. The molecule has 1 N–H and O–H groups in total. The minimum atomic E-state index is -0.569. The highest BCUT2D eigenvalue weighted by Crippen LogP contribution is 2.25. The van der Waals surface area contributed by atoms with Crippen LogP contribution in [0.4, 0.5) is 0 Å². The van der Waals surface area contributed by atoms with E-state index in [4.69, 9.17) is 0 Å². The zero-order chi connectivity index (χ0) is 11.8. The standard InChI is InChI=1S/C13H18N2O/c1-10-4-6-11(7-5-10)13(2)12(16)15(3)9-8-14-13/h4-7,14H,8-9H2,1-3H3. The minimum absolute atomic E-state index is 0.141. The van der Waals surface area contributed by atoms with Crippen molar-refractivity contribution in [1.29, 1.82) is 0 Å². The summed E-state index contributed by atoms with van der Waals surface area (Å²) in [6, 6.07) is 8.15. The molecule has 1 fully saturated rings. The number of benzene rings is 1. The quantitative estimate of drug-likeness (QED) is 0.770. The van der Waals surface area contributed by atoms with Gasteiger partial charge in [-0.05, 0) is 19.4 Å². The van der Waals surface area contributed by atoms with Crippen LogP contribution in [-0.2, 0) is 10.3 Å². The fourth-order valence-electron chi connectivity index (χ4n) is 2.14. The van der Waals surface area contributed by atoms with Crippen LogP contribution in [0.15, 0.2) is 24.3 Å². The lowest BCUT2D eigenvalue weighted by Gasteiger charge is -2.39. The van der Waals surface area contributed by atoms with Gasteiger partial charge in [0.15, 0.2) is 0 Å². The minimum Gasteiger partial charge on any atom is -0.343 e. The Balaban J connectivity index is 2.37. The third-order valence-electron chi connectivity index (χ3n) is 3.33. The maximum absolute atomic E-state index is 12.2. The van der Waals surface area contributed by atoms with E-state index >= 15 is 0 Å². The first kappa shape index (κ1) is 11.1. The number of nitrogens with one attached hydrogen (secondary N) is 1. The van der Waals surface area contributed by atoms with Crippen LogP contribution in [0.2, 0.25) is 0 Å². The average Bonchev–Trinajstić information content (AvgIpc) is 2.27. The summed E-state index contributed by atoms with van der Waals surface area (Å²) in [5, 5.41) is 3.32. The second kappa shape index (κ2) is 3.91. The Morgan fingerprint density at radius 2 is 1.94 bits per heavy atom. The first-order chi connectivity index (χ1) is 7.54. The van der Waals surface area contributed by atoms with E-state index < -0.39 is 5.54 Å². The van der Waals surface area contributed by atoms with Gasteiger partial charge in [0.1, 0.15) is 5.54 Å². The Bertz CT molecular complexity index is 399. The second-order valence-electron chi connectivity index (χ2n) is 4.64. The van der Waals surface area contributed by atoms with E-state index in [2.05, 4.69) is 5.32 Å². The third-order valence-corrected chi connectivity index (χ3v) is 3.33. The zero-order valence-corrected chi connectivity index (χ0v) is 10.1. The van der Waals surface area contributed by atoms with Crippen molar-refractivity contribution >= 4 is 5.91 Å². The van der Waals surface area contributed by atoms with Crippen molar-refractivity contribution in [3.8, 4) is 0 Å². The number of carbonyl (C=O) groups excluding carboxylic acids is 1. The highest BCUT2D eigenvalue weighted by molar-refractivity contribution is 5.87. The molecule has 0 bridgehead atoms. The van der Waals surface area contributed by atoms with Gasteiger partial charge in [-0.15, -0.1) is 0 Å². The third kappa shape index (κ3) is 1.71. The lowest BCUT2D eigenvalue weighted by atomic mass is 9.88. The first-order valence-electron chi connectivity index (χ1n) is 5.62. The number of aryl methyl sites for hydroxylation is 1. The van der Waals surface area contributed by atoms with Crippen LogP contribution < -0.4 is 5.32 Å². The molecule has 1 atom stereocenters. The van der Waals surface area contributed by atoms with Gasteiger partial charge < -0.3 is 4.90 Å². The van der Waals surface area contributed by atoms with Gasteiger partial charge in [0.25, 0.3) is 0 Å². The van der Waals surface area contributed by atoms with E-state index in [1.807, 2.05) is 45.2 Å². The number of nitrogens with zero attached hydrogens (tertiary/aromatic N) is 1. The van der Waals surface area contributed by atoms with Gasteiger partial charge in [0.2, 0.25) is 5.91 Å². The normalized spacial score (nSPS) is 25.9. The highest BCUT2D eigenvalue weighted by Gasteiger charge is 2.39. The molecule has 0 aromatic heterocycles. The summed E-state index contributed by atoms with van der Waals surface area (Å²) >= 11 is 0. The molecule has 1 aromatic carbocycles. The second-order valence-corrected chi connectivity index (χ2v) is 4.64. The van der Waals surface area contributed by atoms with Crippen LogP contribution in [0.25, 0.3) is 0 Å². The largest absolute Gasteiger partial charge is 0.343 e. The van der Waals surface area contributed by atoms with E-state index in [9.17, 15) is 4.79 Å². The number of carbonyl (C=O) groups is 1. The van der Waals surface area contributed by atoms with Crippen LogP contribution in [0.3, 0.4) is 0 Å². The molecular weight excluding hydrogens is 200 g/mol. The molecule has 1 unspecified atom stereocenters. The van der Waals surface area contributed by atoms with Crippen LogP contribution in [0.1, 0.15) is 18.1 Å². The number of amides is 1. The van der Waals surface area contributed by atoms with Crippen molar-refractivity contribution in [1.82, 2.24) is 10.2 Å². The predicted molar refractivity (Wildman–Crippen MR) is 64.2 cm³/mol. The van der Waals surface area contributed by atoms with E-state index in [1.165, 1.54) is 5.56 Å². The molecule has 0 radical (unpaired) electrons. The maximum atomic E-state index is 12.2. The molecule has 1 saturated heterocycles. The Kier molecular flexibility index (Phi) is 2.72. The van der Waals surface area contributed by atoms with Gasteiger partial charge in [-0.3, -0.25) is 10.1 Å². The zero-order valence-electron chi connectivity index (χ0n) is 10.1. The molecular formula is C13H18N2O. The van der Waals surface area contributed by atoms with Crippen molar-refractivity contribution in [3.63, 3.8) is 0 Å². The van der Waals surface area contributed by atoms with Gasteiger partial charge in [0.05, 0.1) is 0 Å². The Labute approximate surface area is 96.5 Å². The predicted octanol–water partition coefficient (Wildman–Crippen LogP) is 1.27. The molecule has 1 aliphatic heterocycles. The molecule has 86 valence electrons. The topological polar surface area (TPSA) is 32.3 Å². The Morgan fingerprint density at radius 3 is 2.56 bits per heavy atom. The molecule has 0 saturated carbocycles. The smallest absolute Gasteiger partial charge is 0.246 e. The van der Waals surface area contributed by atoms with E-state index in [0.717, 1.165) is 18.7 Å². The van der Waals surface area contributed by atoms with Gasteiger partial charge >= 0.3 is 0 Å². The lowest BCUT2D eigenvalue weighted by Crippen LogP contribution is -2.59. The number of rotatable bonds is 1. The van der Waals surface area contributed by atoms with E-state index in [1.54, 1.807) is 4.90 Å². The first-order valence-corrected chi connectivity index (χ1v) is 5.62. The SMILES string of the molecule is Cc1ccc(C2(C)NCCN(C)C2=O)cc1. The molecule has 2 rings (SSSR count). The van der Waals surface area contributed by atoms with Crippen molar-refractivity contribution in [2.45, 2.75) is 19.4 Å². The fourth-order valence-corrected chi connectivity index (χ4v) is 2.14.